The van der Waals surface area contributed by atoms with Gasteiger partial charge in [0.05, 0.1) is 18.5 Å². The zero-order chi connectivity index (χ0) is 12.7. The third kappa shape index (κ3) is 3.89. The average Bonchev–Trinajstić information content (AvgIpc) is 2.38. The van der Waals surface area contributed by atoms with Crippen LogP contribution in [-0.2, 0) is 4.79 Å². The summed E-state index contributed by atoms with van der Waals surface area (Å²) in [6.07, 6.45) is 0.339. The number of nitriles is 1. The topological polar surface area (TPSA) is 64.9 Å². The summed E-state index contributed by atoms with van der Waals surface area (Å²) in [6.45, 7) is 1.78. The number of carbonyl (C=O) groups excluding carboxylic acids is 1. The normalized spacial score (nSPS) is 13.5. The Bertz CT molecular complexity index is 397. The molecular formula is C13H17N3O. The minimum Gasteiger partial charge on any atom is -0.358 e. The Morgan fingerprint density at radius 3 is 2.59 bits per heavy atom. The van der Waals surface area contributed by atoms with E-state index in [1.54, 1.807) is 14.0 Å². The van der Waals surface area contributed by atoms with Crippen LogP contribution in [0.15, 0.2) is 30.3 Å². The lowest BCUT2D eigenvalue weighted by Gasteiger charge is -2.20. The molecule has 0 aliphatic rings. The van der Waals surface area contributed by atoms with Crippen molar-refractivity contribution >= 4 is 5.91 Å². The molecule has 2 unspecified atom stereocenters. The van der Waals surface area contributed by atoms with Crippen molar-refractivity contribution in [3.05, 3.63) is 35.9 Å². The van der Waals surface area contributed by atoms with Crippen LogP contribution < -0.4 is 10.6 Å². The summed E-state index contributed by atoms with van der Waals surface area (Å²) >= 11 is 0. The molecule has 2 atom stereocenters. The maximum atomic E-state index is 11.4. The van der Waals surface area contributed by atoms with Crippen molar-refractivity contribution in [2.75, 3.05) is 7.05 Å². The van der Waals surface area contributed by atoms with Crippen molar-refractivity contribution in [1.29, 1.82) is 5.26 Å². The fourth-order valence-corrected chi connectivity index (χ4v) is 1.64. The highest BCUT2D eigenvalue weighted by molar-refractivity contribution is 5.80. The number of hydrogen-bond acceptors (Lipinski definition) is 3. The van der Waals surface area contributed by atoms with Gasteiger partial charge in [-0.3, -0.25) is 10.1 Å². The number of likely N-dealkylation sites (N-methyl/N-ethyl adjacent to an activating group) is 1. The number of rotatable bonds is 5. The van der Waals surface area contributed by atoms with Gasteiger partial charge in [-0.1, -0.05) is 30.3 Å². The SMILES string of the molecule is CNC(=O)C(C)NC(CC#N)c1ccccc1. The summed E-state index contributed by atoms with van der Waals surface area (Å²) in [5, 5.41) is 14.5. The summed E-state index contributed by atoms with van der Waals surface area (Å²) < 4.78 is 0. The molecule has 0 bridgehead atoms. The molecule has 4 heteroatoms. The van der Waals surface area contributed by atoms with E-state index in [1.807, 2.05) is 30.3 Å². The molecule has 0 saturated heterocycles. The Balaban J connectivity index is 2.74. The van der Waals surface area contributed by atoms with Crippen LogP contribution in [0.5, 0.6) is 0 Å². The molecule has 0 saturated carbocycles. The average molecular weight is 231 g/mol. The minimum atomic E-state index is -0.321. The Hall–Kier alpha value is -1.86. The van der Waals surface area contributed by atoms with Gasteiger partial charge in [-0.05, 0) is 12.5 Å². The number of benzene rings is 1. The molecule has 0 aromatic heterocycles. The van der Waals surface area contributed by atoms with Crippen molar-refractivity contribution < 1.29 is 4.79 Å². The summed E-state index contributed by atoms with van der Waals surface area (Å²) in [4.78, 5) is 11.4. The smallest absolute Gasteiger partial charge is 0.236 e. The van der Waals surface area contributed by atoms with Gasteiger partial charge in [-0.25, -0.2) is 0 Å². The van der Waals surface area contributed by atoms with Crippen LogP contribution in [0.2, 0.25) is 0 Å². The van der Waals surface area contributed by atoms with Crippen LogP contribution in [0, 0.1) is 11.3 Å². The second-order valence-corrected chi connectivity index (χ2v) is 3.83. The van der Waals surface area contributed by atoms with Gasteiger partial charge in [-0.15, -0.1) is 0 Å². The minimum absolute atomic E-state index is 0.0797. The summed E-state index contributed by atoms with van der Waals surface area (Å²) in [5.41, 5.74) is 1.02. The molecular weight excluding hydrogens is 214 g/mol. The molecule has 1 amide bonds. The molecule has 2 N–H and O–H groups in total. The molecule has 1 rings (SSSR count). The molecule has 0 spiro atoms. The first-order chi connectivity index (χ1) is 8.19. The Labute approximate surface area is 102 Å². The maximum Gasteiger partial charge on any atom is 0.236 e. The zero-order valence-electron chi connectivity index (χ0n) is 10.1. The number of nitrogens with one attached hydrogen (secondary N) is 2. The van der Waals surface area contributed by atoms with Crippen molar-refractivity contribution in [3.63, 3.8) is 0 Å². The van der Waals surface area contributed by atoms with Gasteiger partial charge in [0.25, 0.3) is 0 Å². The van der Waals surface area contributed by atoms with Crippen molar-refractivity contribution in [2.45, 2.75) is 25.4 Å². The first-order valence-corrected chi connectivity index (χ1v) is 5.58. The molecule has 0 aliphatic heterocycles. The van der Waals surface area contributed by atoms with E-state index < -0.39 is 0 Å². The second-order valence-electron chi connectivity index (χ2n) is 3.83. The number of hydrogen-bond donors (Lipinski definition) is 2. The van der Waals surface area contributed by atoms with Gasteiger partial charge in [0.2, 0.25) is 5.91 Å². The van der Waals surface area contributed by atoms with Crippen LogP contribution in [0.3, 0.4) is 0 Å². The van der Waals surface area contributed by atoms with E-state index >= 15 is 0 Å². The predicted molar refractivity (Wildman–Crippen MR) is 66.1 cm³/mol. The highest BCUT2D eigenvalue weighted by atomic mass is 16.2. The third-order valence-electron chi connectivity index (χ3n) is 2.59. The van der Waals surface area contributed by atoms with E-state index in [0.717, 1.165) is 5.56 Å². The van der Waals surface area contributed by atoms with E-state index in [-0.39, 0.29) is 18.0 Å². The lowest BCUT2D eigenvalue weighted by Crippen LogP contribution is -2.42. The molecule has 90 valence electrons. The van der Waals surface area contributed by atoms with Gasteiger partial charge >= 0.3 is 0 Å². The second kappa shape index (κ2) is 6.66. The van der Waals surface area contributed by atoms with Crippen LogP contribution in [0.25, 0.3) is 0 Å². The zero-order valence-corrected chi connectivity index (χ0v) is 10.1. The quantitative estimate of drug-likeness (QED) is 0.804. The van der Waals surface area contributed by atoms with Crippen LogP contribution in [0.4, 0.5) is 0 Å². The highest BCUT2D eigenvalue weighted by Crippen LogP contribution is 2.16. The summed E-state index contributed by atoms with van der Waals surface area (Å²) in [7, 11) is 1.60. The number of nitrogens with zero attached hydrogens (tertiary/aromatic N) is 1. The van der Waals surface area contributed by atoms with Crippen molar-refractivity contribution in [3.8, 4) is 6.07 Å². The van der Waals surface area contributed by atoms with Gasteiger partial charge in [0, 0.05) is 13.1 Å². The van der Waals surface area contributed by atoms with Gasteiger partial charge < -0.3 is 5.32 Å². The number of amides is 1. The van der Waals surface area contributed by atoms with Gasteiger partial charge in [-0.2, -0.15) is 5.26 Å². The Morgan fingerprint density at radius 2 is 2.06 bits per heavy atom. The fourth-order valence-electron chi connectivity index (χ4n) is 1.64. The molecule has 0 radical (unpaired) electrons. The van der Waals surface area contributed by atoms with E-state index in [2.05, 4.69) is 16.7 Å². The first-order valence-electron chi connectivity index (χ1n) is 5.58. The van der Waals surface area contributed by atoms with E-state index in [1.165, 1.54) is 0 Å². The van der Waals surface area contributed by atoms with E-state index in [4.69, 9.17) is 5.26 Å². The molecule has 1 aromatic carbocycles. The van der Waals surface area contributed by atoms with Crippen LogP contribution in [-0.4, -0.2) is 19.0 Å². The van der Waals surface area contributed by atoms with Crippen LogP contribution >= 0.6 is 0 Å². The van der Waals surface area contributed by atoms with Gasteiger partial charge in [0.15, 0.2) is 0 Å². The monoisotopic (exact) mass is 231 g/mol. The largest absolute Gasteiger partial charge is 0.358 e. The Morgan fingerprint density at radius 1 is 1.41 bits per heavy atom. The van der Waals surface area contributed by atoms with Crippen LogP contribution in [0.1, 0.15) is 24.9 Å². The highest BCUT2D eigenvalue weighted by Gasteiger charge is 2.17. The molecule has 4 nitrogen and oxygen atoms in total. The van der Waals surface area contributed by atoms with Crippen molar-refractivity contribution in [1.82, 2.24) is 10.6 Å². The standard InChI is InChI=1S/C13H17N3O/c1-10(13(17)15-2)16-12(8-9-14)11-6-4-3-5-7-11/h3-7,10,12,16H,8H2,1-2H3,(H,15,17). The number of carbonyl (C=O) groups is 1. The molecule has 0 heterocycles. The van der Waals surface area contributed by atoms with E-state index in [0.29, 0.717) is 6.42 Å². The first kappa shape index (κ1) is 13.2. The summed E-state index contributed by atoms with van der Waals surface area (Å²) in [6, 6.07) is 11.4. The maximum absolute atomic E-state index is 11.4. The molecule has 1 aromatic rings. The molecule has 0 aliphatic carbocycles. The third-order valence-corrected chi connectivity index (χ3v) is 2.59. The summed E-state index contributed by atoms with van der Waals surface area (Å²) in [5.74, 6) is -0.0797. The Kier molecular flexibility index (Phi) is 5.18. The molecule has 0 fully saturated rings. The van der Waals surface area contributed by atoms with E-state index in [9.17, 15) is 4.79 Å². The van der Waals surface area contributed by atoms with Gasteiger partial charge in [0.1, 0.15) is 0 Å². The fraction of sp³-hybridized carbons (Fsp3) is 0.385. The molecule has 17 heavy (non-hydrogen) atoms. The lowest BCUT2D eigenvalue weighted by molar-refractivity contribution is -0.122. The van der Waals surface area contributed by atoms with Crippen molar-refractivity contribution in [2.24, 2.45) is 0 Å². The predicted octanol–water partition coefficient (Wildman–Crippen LogP) is 1.37. The lowest BCUT2D eigenvalue weighted by atomic mass is 10.0.